The molecule has 4 rings (SSSR count). The Bertz CT molecular complexity index is 1190. The predicted molar refractivity (Wildman–Crippen MR) is 111 cm³/mol. The monoisotopic (exact) mass is 393 g/mol. The summed E-state index contributed by atoms with van der Waals surface area (Å²) >= 11 is 0. The van der Waals surface area contributed by atoms with Crippen molar-refractivity contribution >= 4 is 16.8 Å². The highest BCUT2D eigenvalue weighted by Gasteiger charge is 2.27. The maximum atomic E-state index is 13.5. The minimum Gasteiger partial charge on any atom is -0.378 e. The van der Waals surface area contributed by atoms with Gasteiger partial charge < -0.3 is 9.64 Å². The first-order chi connectivity index (χ1) is 14.0. The molecule has 1 aliphatic heterocycles. The van der Waals surface area contributed by atoms with Crippen molar-refractivity contribution in [1.82, 2.24) is 14.0 Å². The third-order valence-electron chi connectivity index (χ3n) is 5.32. The van der Waals surface area contributed by atoms with Crippen LogP contribution in [0.25, 0.3) is 16.6 Å². The van der Waals surface area contributed by atoms with Gasteiger partial charge in [-0.25, -0.2) is 9.36 Å². The first-order valence-corrected chi connectivity index (χ1v) is 9.69. The molecule has 0 bridgehead atoms. The van der Waals surface area contributed by atoms with Crippen molar-refractivity contribution in [2.45, 2.75) is 19.9 Å². The van der Waals surface area contributed by atoms with Crippen LogP contribution in [0.1, 0.15) is 18.5 Å². The van der Waals surface area contributed by atoms with E-state index in [1.807, 2.05) is 13.0 Å². The van der Waals surface area contributed by atoms with Gasteiger partial charge in [0.15, 0.2) is 0 Å². The zero-order chi connectivity index (χ0) is 20.5. The average Bonchev–Trinajstić information content (AvgIpc) is 2.74. The molecule has 29 heavy (non-hydrogen) atoms. The SMILES string of the molecule is Cc1cccc(-n2c(=O)c3ccccc3n(C(C)C(=O)N3CCOCC3)c2=O)c1. The highest BCUT2D eigenvalue weighted by Crippen LogP contribution is 2.17. The minimum absolute atomic E-state index is 0.157. The van der Waals surface area contributed by atoms with E-state index in [9.17, 15) is 14.4 Å². The molecule has 1 fully saturated rings. The van der Waals surface area contributed by atoms with Gasteiger partial charge in [0, 0.05) is 13.1 Å². The van der Waals surface area contributed by atoms with Gasteiger partial charge in [0.2, 0.25) is 5.91 Å². The van der Waals surface area contributed by atoms with Crippen molar-refractivity contribution < 1.29 is 9.53 Å². The maximum Gasteiger partial charge on any atom is 0.336 e. The highest BCUT2D eigenvalue weighted by molar-refractivity contribution is 5.84. The van der Waals surface area contributed by atoms with Gasteiger partial charge in [0.25, 0.3) is 5.56 Å². The molecule has 0 radical (unpaired) electrons. The molecule has 2 heterocycles. The molecule has 7 heteroatoms. The highest BCUT2D eigenvalue weighted by atomic mass is 16.5. The third-order valence-corrected chi connectivity index (χ3v) is 5.32. The molecule has 3 aromatic rings. The van der Waals surface area contributed by atoms with Gasteiger partial charge in [-0.3, -0.25) is 14.2 Å². The minimum atomic E-state index is -0.748. The van der Waals surface area contributed by atoms with Gasteiger partial charge >= 0.3 is 5.69 Å². The summed E-state index contributed by atoms with van der Waals surface area (Å²) in [5, 5.41) is 0.398. The summed E-state index contributed by atoms with van der Waals surface area (Å²) in [6, 6.07) is 13.4. The van der Waals surface area contributed by atoms with Crippen molar-refractivity contribution in [3.8, 4) is 5.69 Å². The number of nitrogens with zero attached hydrogens (tertiary/aromatic N) is 3. The normalized spacial score (nSPS) is 15.4. The lowest BCUT2D eigenvalue weighted by Crippen LogP contribution is -2.47. The number of carbonyl (C=O) groups is 1. The predicted octanol–water partition coefficient (Wildman–Crippen LogP) is 1.88. The topological polar surface area (TPSA) is 73.5 Å². The lowest BCUT2D eigenvalue weighted by Gasteiger charge is -2.30. The molecule has 0 aliphatic carbocycles. The van der Waals surface area contributed by atoms with Crippen LogP contribution in [0.5, 0.6) is 0 Å². The third kappa shape index (κ3) is 3.38. The molecular weight excluding hydrogens is 370 g/mol. The Morgan fingerprint density at radius 2 is 1.76 bits per heavy atom. The van der Waals surface area contributed by atoms with Crippen molar-refractivity contribution in [1.29, 1.82) is 0 Å². The molecular formula is C22H23N3O4. The lowest BCUT2D eigenvalue weighted by molar-refractivity contribution is -0.138. The Morgan fingerprint density at radius 3 is 2.48 bits per heavy atom. The Morgan fingerprint density at radius 1 is 1.03 bits per heavy atom. The molecule has 150 valence electrons. The fraction of sp³-hybridized carbons (Fsp3) is 0.318. The second-order valence-electron chi connectivity index (χ2n) is 7.26. The number of amides is 1. The maximum absolute atomic E-state index is 13.5. The first kappa shape index (κ1) is 19.1. The van der Waals surface area contributed by atoms with Gasteiger partial charge in [0.1, 0.15) is 6.04 Å². The van der Waals surface area contributed by atoms with E-state index in [0.717, 1.165) is 10.1 Å². The first-order valence-electron chi connectivity index (χ1n) is 9.69. The number of aryl methyl sites for hydroxylation is 1. The van der Waals surface area contributed by atoms with Gasteiger partial charge in [0.05, 0.1) is 29.8 Å². The second kappa shape index (κ2) is 7.67. The molecule has 1 atom stereocenters. The Hall–Kier alpha value is -3.19. The van der Waals surface area contributed by atoms with Crippen LogP contribution in [0.4, 0.5) is 0 Å². The quantitative estimate of drug-likeness (QED) is 0.681. The lowest BCUT2D eigenvalue weighted by atomic mass is 10.2. The van der Waals surface area contributed by atoms with Crippen molar-refractivity contribution in [2.24, 2.45) is 0 Å². The van der Waals surface area contributed by atoms with Gasteiger partial charge in [-0.1, -0.05) is 24.3 Å². The van der Waals surface area contributed by atoms with E-state index in [-0.39, 0.29) is 5.91 Å². The standard InChI is InChI=1S/C22H23N3O4/c1-15-6-5-7-17(14-15)25-21(27)18-8-3-4-9-19(18)24(22(25)28)16(2)20(26)23-10-12-29-13-11-23/h3-9,14,16H,10-13H2,1-2H3. The number of rotatable bonds is 3. The Kier molecular flexibility index (Phi) is 5.07. The van der Waals surface area contributed by atoms with Crippen LogP contribution in [0.3, 0.4) is 0 Å². The van der Waals surface area contributed by atoms with Gasteiger partial charge in [-0.05, 0) is 43.7 Å². The average molecular weight is 393 g/mol. The van der Waals surface area contributed by atoms with Crippen LogP contribution in [0.2, 0.25) is 0 Å². The number of morpholine rings is 1. The van der Waals surface area contributed by atoms with Crippen LogP contribution in [0.15, 0.2) is 58.1 Å². The number of hydrogen-bond acceptors (Lipinski definition) is 4. The molecule has 7 nitrogen and oxygen atoms in total. The fourth-order valence-corrected chi connectivity index (χ4v) is 3.81. The molecule has 0 saturated carbocycles. The van der Waals surface area contributed by atoms with Crippen LogP contribution in [-0.2, 0) is 9.53 Å². The summed E-state index contributed by atoms with van der Waals surface area (Å²) in [6.07, 6.45) is 0. The van der Waals surface area contributed by atoms with E-state index < -0.39 is 17.3 Å². The summed E-state index contributed by atoms with van der Waals surface area (Å²) in [4.78, 5) is 41.4. The summed E-state index contributed by atoms with van der Waals surface area (Å²) in [5.74, 6) is -0.157. The van der Waals surface area contributed by atoms with Crippen LogP contribution in [-0.4, -0.2) is 46.2 Å². The zero-order valence-corrected chi connectivity index (χ0v) is 16.5. The number of ether oxygens (including phenoxy) is 1. The van der Waals surface area contributed by atoms with E-state index in [4.69, 9.17) is 4.74 Å². The van der Waals surface area contributed by atoms with E-state index in [0.29, 0.717) is 42.9 Å². The van der Waals surface area contributed by atoms with E-state index in [1.54, 1.807) is 54.3 Å². The van der Waals surface area contributed by atoms with Gasteiger partial charge in [-0.15, -0.1) is 0 Å². The van der Waals surface area contributed by atoms with E-state index >= 15 is 0 Å². The van der Waals surface area contributed by atoms with E-state index in [1.165, 1.54) is 4.57 Å². The fourth-order valence-electron chi connectivity index (χ4n) is 3.81. The molecule has 1 amide bonds. The number of aromatic nitrogens is 2. The van der Waals surface area contributed by atoms with E-state index in [2.05, 4.69) is 0 Å². The summed E-state index contributed by atoms with van der Waals surface area (Å²) in [5.41, 5.74) is 0.976. The van der Waals surface area contributed by atoms with Crippen molar-refractivity contribution in [3.63, 3.8) is 0 Å². The number of benzene rings is 2. The number of hydrogen-bond donors (Lipinski definition) is 0. The van der Waals surface area contributed by atoms with Crippen LogP contribution in [0, 0.1) is 6.92 Å². The molecule has 0 spiro atoms. The van der Waals surface area contributed by atoms with Crippen LogP contribution >= 0.6 is 0 Å². The molecule has 0 N–H and O–H groups in total. The molecule has 2 aromatic carbocycles. The molecule has 1 saturated heterocycles. The number of carbonyl (C=O) groups excluding carboxylic acids is 1. The Balaban J connectivity index is 1.95. The van der Waals surface area contributed by atoms with Crippen LogP contribution < -0.4 is 11.2 Å². The van der Waals surface area contributed by atoms with Crippen molar-refractivity contribution in [2.75, 3.05) is 26.3 Å². The summed E-state index contributed by atoms with van der Waals surface area (Å²) in [6.45, 7) is 5.56. The zero-order valence-electron chi connectivity index (χ0n) is 16.5. The van der Waals surface area contributed by atoms with Crippen molar-refractivity contribution in [3.05, 3.63) is 74.9 Å². The molecule has 1 unspecified atom stereocenters. The van der Waals surface area contributed by atoms with Gasteiger partial charge in [-0.2, -0.15) is 0 Å². The molecule has 1 aliphatic rings. The summed E-state index contributed by atoms with van der Waals surface area (Å²) in [7, 11) is 0. The Labute approximate surface area is 167 Å². The molecule has 1 aromatic heterocycles. The smallest absolute Gasteiger partial charge is 0.336 e. The number of fused-ring (bicyclic) bond motifs is 1. The largest absolute Gasteiger partial charge is 0.378 e. The summed E-state index contributed by atoms with van der Waals surface area (Å²) < 4.78 is 7.90. The number of para-hydroxylation sites is 1. The second-order valence-corrected chi connectivity index (χ2v) is 7.26.